The van der Waals surface area contributed by atoms with E-state index in [1.165, 1.54) is 18.4 Å². The van der Waals surface area contributed by atoms with E-state index in [1.807, 2.05) is 18.2 Å². The number of piperidine rings is 1. The van der Waals surface area contributed by atoms with Crippen LogP contribution in [0.2, 0.25) is 0 Å². The number of fused-ring (bicyclic) bond motifs is 3. The van der Waals surface area contributed by atoms with Gasteiger partial charge in [-0.05, 0) is 57.9 Å². The first-order chi connectivity index (χ1) is 10.1. The maximum absolute atomic E-state index is 12.8. The molecular weight excluding hydrogens is 262 g/mol. The first kappa shape index (κ1) is 13.1. The second kappa shape index (κ2) is 4.70. The Morgan fingerprint density at radius 2 is 1.90 bits per heavy atom. The number of hydrogen-bond acceptors (Lipinski definition) is 3. The average molecular weight is 283 g/mol. The second-order valence-electron chi connectivity index (χ2n) is 6.73. The van der Waals surface area contributed by atoms with E-state index in [2.05, 4.69) is 24.9 Å². The van der Waals surface area contributed by atoms with Crippen molar-refractivity contribution in [3.63, 3.8) is 0 Å². The van der Waals surface area contributed by atoms with Crippen LogP contribution in [0.1, 0.15) is 41.8 Å². The molecule has 0 aliphatic carbocycles. The highest BCUT2D eigenvalue weighted by Gasteiger charge is 2.41. The van der Waals surface area contributed by atoms with Crippen molar-refractivity contribution in [2.24, 2.45) is 5.92 Å². The lowest BCUT2D eigenvalue weighted by Gasteiger charge is -2.35. The van der Waals surface area contributed by atoms with Gasteiger partial charge in [0, 0.05) is 23.4 Å². The molecule has 2 fully saturated rings. The molecule has 0 radical (unpaired) electrons. The number of carbonyl (C=O) groups is 1. The molecule has 0 amide bonds. The molecule has 2 atom stereocenters. The van der Waals surface area contributed by atoms with Gasteiger partial charge < -0.3 is 9.32 Å². The third-order valence-electron chi connectivity index (χ3n) is 5.38. The predicted octanol–water partition coefficient (Wildman–Crippen LogP) is 3.80. The fourth-order valence-corrected chi connectivity index (χ4v) is 4.11. The largest absolute Gasteiger partial charge is 0.453 e. The summed E-state index contributed by atoms with van der Waals surface area (Å²) in [5.41, 5.74) is 2.01. The number of benzene rings is 1. The van der Waals surface area contributed by atoms with Crippen molar-refractivity contribution < 1.29 is 9.21 Å². The maximum atomic E-state index is 12.8. The molecule has 1 aromatic carbocycles. The first-order valence-electron chi connectivity index (χ1n) is 7.88. The van der Waals surface area contributed by atoms with E-state index in [4.69, 9.17) is 4.42 Å². The third-order valence-corrected chi connectivity index (χ3v) is 5.38. The van der Waals surface area contributed by atoms with E-state index < -0.39 is 0 Å². The van der Waals surface area contributed by atoms with Crippen LogP contribution >= 0.6 is 0 Å². The minimum atomic E-state index is 0.139. The summed E-state index contributed by atoms with van der Waals surface area (Å²) in [6.45, 7) is 2.06. The average Bonchev–Trinajstić information content (AvgIpc) is 2.94. The Bertz CT molecular complexity index is 688. The molecule has 2 saturated heterocycles. The Hall–Kier alpha value is -1.61. The van der Waals surface area contributed by atoms with Gasteiger partial charge in [0.2, 0.25) is 5.78 Å². The summed E-state index contributed by atoms with van der Waals surface area (Å²) >= 11 is 0. The normalized spacial score (nSPS) is 29.1. The van der Waals surface area contributed by atoms with Gasteiger partial charge >= 0.3 is 0 Å². The van der Waals surface area contributed by atoms with Crippen LogP contribution < -0.4 is 0 Å². The summed E-state index contributed by atoms with van der Waals surface area (Å²) in [7, 11) is 2.20. The fourth-order valence-electron chi connectivity index (χ4n) is 4.11. The van der Waals surface area contributed by atoms with E-state index in [9.17, 15) is 4.79 Å². The molecule has 3 heteroatoms. The van der Waals surface area contributed by atoms with Crippen LogP contribution in [0, 0.1) is 12.8 Å². The van der Waals surface area contributed by atoms with Gasteiger partial charge in [-0.25, -0.2) is 0 Å². The summed E-state index contributed by atoms with van der Waals surface area (Å²) in [5, 5.41) is 1.04. The van der Waals surface area contributed by atoms with E-state index in [1.54, 1.807) is 0 Å². The lowest BCUT2D eigenvalue weighted by atomic mass is 9.87. The highest BCUT2D eigenvalue weighted by Crippen LogP contribution is 2.39. The van der Waals surface area contributed by atoms with Gasteiger partial charge in [-0.1, -0.05) is 11.6 Å². The Morgan fingerprint density at radius 1 is 1.19 bits per heavy atom. The second-order valence-corrected chi connectivity index (χ2v) is 6.73. The van der Waals surface area contributed by atoms with Gasteiger partial charge in [0.05, 0.1) is 0 Å². The van der Waals surface area contributed by atoms with Crippen molar-refractivity contribution in [3.05, 3.63) is 35.6 Å². The van der Waals surface area contributed by atoms with Crippen molar-refractivity contribution in [2.45, 2.75) is 44.7 Å². The number of Topliss-reactive ketones (excluding diaryl/α,β-unsaturated/α-hetero) is 1. The van der Waals surface area contributed by atoms with Crippen molar-refractivity contribution in [1.29, 1.82) is 0 Å². The van der Waals surface area contributed by atoms with E-state index in [0.717, 1.165) is 23.8 Å². The van der Waals surface area contributed by atoms with Crippen molar-refractivity contribution in [3.8, 4) is 0 Å². The Balaban J connectivity index is 1.61. The minimum Gasteiger partial charge on any atom is -0.453 e. The SMILES string of the molecule is Cc1ccc2oc(C(=O)C3CC4CCC(C3)N4C)cc2c1. The molecule has 2 unspecified atom stereocenters. The minimum absolute atomic E-state index is 0.139. The smallest absolute Gasteiger partial charge is 0.201 e. The highest BCUT2D eigenvalue weighted by molar-refractivity contribution is 5.99. The maximum Gasteiger partial charge on any atom is 0.201 e. The third kappa shape index (κ3) is 2.11. The van der Waals surface area contributed by atoms with E-state index >= 15 is 0 Å². The summed E-state index contributed by atoms with van der Waals surface area (Å²) in [6.07, 6.45) is 4.46. The number of ketones is 1. The monoisotopic (exact) mass is 283 g/mol. The number of aryl methyl sites for hydroxylation is 1. The molecule has 0 N–H and O–H groups in total. The van der Waals surface area contributed by atoms with Crippen LogP contribution in [0.25, 0.3) is 11.0 Å². The molecule has 0 saturated carbocycles. The molecule has 1 aromatic heterocycles. The molecule has 2 aliphatic rings. The molecule has 2 aliphatic heterocycles. The molecule has 3 nitrogen and oxygen atoms in total. The van der Waals surface area contributed by atoms with Crippen molar-refractivity contribution in [1.82, 2.24) is 4.90 Å². The standard InChI is InChI=1S/C18H21NO2/c1-11-3-6-16-12(7-11)10-17(21-16)18(20)13-8-14-4-5-15(9-13)19(14)2/h3,6-7,10,13-15H,4-5,8-9H2,1-2H3. The van der Waals surface area contributed by atoms with Crippen LogP contribution in [-0.2, 0) is 0 Å². The summed E-state index contributed by atoms with van der Waals surface area (Å²) < 4.78 is 5.79. The van der Waals surface area contributed by atoms with Gasteiger partial charge in [-0.2, -0.15) is 0 Å². The van der Waals surface area contributed by atoms with Gasteiger partial charge in [-0.15, -0.1) is 0 Å². The molecule has 3 heterocycles. The molecule has 4 rings (SSSR count). The number of furan rings is 1. The molecule has 2 aromatic rings. The van der Waals surface area contributed by atoms with Crippen LogP contribution in [0.5, 0.6) is 0 Å². The molecule has 110 valence electrons. The van der Waals surface area contributed by atoms with E-state index in [0.29, 0.717) is 17.8 Å². The van der Waals surface area contributed by atoms with Crippen LogP contribution in [0.15, 0.2) is 28.7 Å². The lowest BCUT2D eigenvalue weighted by Crippen LogP contribution is -2.42. The fraction of sp³-hybridized carbons (Fsp3) is 0.500. The molecule has 0 spiro atoms. The lowest BCUT2D eigenvalue weighted by molar-refractivity contribution is 0.0742. The van der Waals surface area contributed by atoms with Crippen LogP contribution in [0.3, 0.4) is 0 Å². The number of hydrogen-bond donors (Lipinski definition) is 0. The highest BCUT2D eigenvalue weighted by atomic mass is 16.3. The number of rotatable bonds is 2. The molecule has 21 heavy (non-hydrogen) atoms. The van der Waals surface area contributed by atoms with Gasteiger partial charge in [0.25, 0.3) is 0 Å². The number of carbonyl (C=O) groups excluding carboxylic acids is 1. The molecule has 2 bridgehead atoms. The Kier molecular flexibility index (Phi) is 2.93. The molecular formula is C18H21NO2. The quantitative estimate of drug-likeness (QED) is 0.786. The van der Waals surface area contributed by atoms with Gasteiger partial charge in [0.1, 0.15) is 5.58 Å². The first-order valence-corrected chi connectivity index (χ1v) is 7.88. The topological polar surface area (TPSA) is 33.5 Å². The van der Waals surface area contributed by atoms with Crippen molar-refractivity contribution >= 4 is 16.8 Å². The van der Waals surface area contributed by atoms with Crippen LogP contribution in [0.4, 0.5) is 0 Å². The summed E-state index contributed by atoms with van der Waals surface area (Å²) in [5.74, 6) is 0.888. The number of nitrogens with zero attached hydrogens (tertiary/aromatic N) is 1. The van der Waals surface area contributed by atoms with Gasteiger partial charge in [0.15, 0.2) is 5.76 Å². The Labute approximate surface area is 124 Å². The summed E-state index contributed by atoms with van der Waals surface area (Å²) in [4.78, 5) is 15.2. The van der Waals surface area contributed by atoms with Crippen molar-refractivity contribution in [2.75, 3.05) is 7.05 Å². The van der Waals surface area contributed by atoms with Crippen LogP contribution in [-0.4, -0.2) is 29.8 Å². The zero-order chi connectivity index (χ0) is 14.6. The Morgan fingerprint density at radius 3 is 2.62 bits per heavy atom. The predicted molar refractivity (Wildman–Crippen MR) is 82.6 cm³/mol. The zero-order valence-corrected chi connectivity index (χ0v) is 12.6. The zero-order valence-electron chi connectivity index (χ0n) is 12.6. The van der Waals surface area contributed by atoms with E-state index in [-0.39, 0.29) is 11.7 Å². The summed E-state index contributed by atoms with van der Waals surface area (Å²) in [6, 6.07) is 9.16. The van der Waals surface area contributed by atoms with Gasteiger partial charge in [-0.3, -0.25) is 4.79 Å².